The Kier molecular flexibility index (Phi) is 7.03. The van der Waals surface area contributed by atoms with Crippen molar-refractivity contribution in [3.63, 3.8) is 0 Å². The van der Waals surface area contributed by atoms with Crippen molar-refractivity contribution in [1.82, 2.24) is 4.98 Å². The fourth-order valence-electron chi connectivity index (χ4n) is 2.69. The Morgan fingerprint density at radius 2 is 1.71 bits per heavy atom. The van der Waals surface area contributed by atoms with Gasteiger partial charge < -0.3 is 15.4 Å². The summed E-state index contributed by atoms with van der Waals surface area (Å²) in [5.41, 5.74) is 2.87. The average molecular weight is 440 g/mol. The summed E-state index contributed by atoms with van der Waals surface area (Å²) in [5, 5.41) is 6.16. The number of rotatable bonds is 8. The maximum Gasteiger partial charge on any atom is 0.228 e. The highest BCUT2D eigenvalue weighted by molar-refractivity contribution is 9.10. The molecule has 1 aromatic heterocycles. The number of methoxy groups -OCH3 is 1. The molecule has 0 bridgehead atoms. The molecule has 28 heavy (non-hydrogen) atoms. The Balaban J connectivity index is 1.44. The third kappa shape index (κ3) is 6.09. The number of anilines is 2. The molecule has 3 rings (SSSR count). The lowest BCUT2D eigenvalue weighted by molar-refractivity contribution is -0.115. The van der Waals surface area contributed by atoms with Crippen LogP contribution in [0.3, 0.4) is 0 Å². The number of amides is 1. The summed E-state index contributed by atoms with van der Waals surface area (Å²) in [6.07, 6.45) is 2.88. The molecule has 6 heteroatoms. The standard InChI is InChI=1S/C22H22BrN3O2/c1-28-20-9-4-16(5-10-20)12-13-24-21-11-8-19(15-25-21)26-22(27)14-17-2-6-18(23)7-3-17/h2-11,15H,12-14H2,1H3,(H,24,25)(H,26,27). The van der Waals surface area contributed by atoms with Gasteiger partial charge in [0.2, 0.25) is 5.91 Å². The number of hydrogen-bond acceptors (Lipinski definition) is 4. The normalized spacial score (nSPS) is 10.4. The fraction of sp³-hybridized carbons (Fsp3) is 0.182. The Morgan fingerprint density at radius 1 is 1.00 bits per heavy atom. The molecular formula is C22H22BrN3O2. The maximum atomic E-state index is 12.2. The third-order valence-electron chi connectivity index (χ3n) is 4.20. The van der Waals surface area contributed by atoms with Crippen molar-refractivity contribution in [3.05, 3.63) is 82.5 Å². The molecule has 0 spiro atoms. The number of carbonyl (C=O) groups is 1. The quantitative estimate of drug-likeness (QED) is 0.534. The lowest BCUT2D eigenvalue weighted by atomic mass is 10.1. The zero-order valence-electron chi connectivity index (χ0n) is 15.6. The minimum atomic E-state index is -0.0654. The third-order valence-corrected chi connectivity index (χ3v) is 4.73. The molecule has 0 aliphatic carbocycles. The molecule has 0 saturated heterocycles. The van der Waals surface area contributed by atoms with Crippen LogP contribution in [0.15, 0.2) is 71.3 Å². The van der Waals surface area contributed by atoms with Gasteiger partial charge in [-0.25, -0.2) is 4.98 Å². The van der Waals surface area contributed by atoms with E-state index < -0.39 is 0 Å². The summed E-state index contributed by atoms with van der Waals surface area (Å²) < 4.78 is 6.16. The second kappa shape index (κ2) is 9.90. The lowest BCUT2D eigenvalue weighted by Gasteiger charge is -2.08. The van der Waals surface area contributed by atoms with Gasteiger partial charge in [-0.1, -0.05) is 40.2 Å². The predicted octanol–water partition coefficient (Wildman–Crippen LogP) is 4.69. The van der Waals surface area contributed by atoms with E-state index in [-0.39, 0.29) is 5.91 Å². The maximum absolute atomic E-state index is 12.2. The number of nitrogens with one attached hydrogen (secondary N) is 2. The van der Waals surface area contributed by atoms with Gasteiger partial charge in [0, 0.05) is 11.0 Å². The van der Waals surface area contributed by atoms with Crippen LogP contribution < -0.4 is 15.4 Å². The van der Waals surface area contributed by atoms with Crippen molar-refractivity contribution in [2.45, 2.75) is 12.8 Å². The number of pyridine rings is 1. The molecule has 0 unspecified atom stereocenters. The van der Waals surface area contributed by atoms with Gasteiger partial charge in [-0.15, -0.1) is 0 Å². The molecule has 5 nitrogen and oxygen atoms in total. The molecule has 3 aromatic rings. The molecule has 0 saturated carbocycles. The minimum Gasteiger partial charge on any atom is -0.497 e. The van der Waals surface area contributed by atoms with Crippen LogP contribution in [0.2, 0.25) is 0 Å². The van der Waals surface area contributed by atoms with E-state index in [9.17, 15) is 4.79 Å². The van der Waals surface area contributed by atoms with Gasteiger partial charge >= 0.3 is 0 Å². The van der Waals surface area contributed by atoms with Crippen molar-refractivity contribution in [2.24, 2.45) is 0 Å². The van der Waals surface area contributed by atoms with Crippen LogP contribution in [0.1, 0.15) is 11.1 Å². The number of benzene rings is 2. The molecule has 1 amide bonds. The summed E-state index contributed by atoms with van der Waals surface area (Å²) in [5.74, 6) is 1.57. The molecule has 0 radical (unpaired) electrons. The van der Waals surface area contributed by atoms with E-state index in [2.05, 4.69) is 43.7 Å². The molecular weight excluding hydrogens is 418 g/mol. The second-order valence-electron chi connectivity index (χ2n) is 6.31. The van der Waals surface area contributed by atoms with E-state index in [0.29, 0.717) is 12.1 Å². The average Bonchev–Trinajstić information content (AvgIpc) is 2.71. The van der Waals surface area contributed by atoms with E-state index in [1.165, 1.54) is 5.56 Å². The molecule has 0 aliphatic rings. The highest BCUT2D eigenvalue weighted by atomic mass is 79.9. The Hall–Kier alpha value is -2.86. The summed E-state index contributed by atoms with van der Waals surface area (Å²) in [4.78, 5) is 16.5. The number of carbonyl (C=O) groups excluding carboxylic acids is 1. The van der Waals surface area contributed by atoms with E-state index in [1.807, 2.05) is 48.5 Å². The minimum absolute atomic E-state index is 0.0654. The van der Waals surface area contributed by atoms with Crippen LogP contribution >= 0.6 is 15.9 Å². The number of aromatic nitrogens is 1. The monoisotopic (exact) mass is 439 g/mol. The first-order chi connectivity index (χ1) is 13.6. The van der Waals surface area contributed by atoms with Crippen molar-refractivity contribution >= 4 is 33.3 Å². The van der Waals surface area contributed by atoms with Gasteiger partial charge in [-0.2, -0.15) is 0 Å². The van der Waals surface area contributed by atoms with Gasteiger partial charge in [-0.05, 0) is 53.9 Å². The Labute approximate surface area is 173 Å². The van der Waals surface area contributed by atoms with Crippen LogP contribution in [-0.4, -0.2) is 24.5 Å². The van der Waals surface area contributed by atoms with Crippen molar-refractivity contribution in [3.8, 4) is 5.75 Å². The highest BCUT2D eigenvalue weighted by Crippen LogP contribution is 2.14. The summed E-state index contributed by atoms with van der Waals surface area (Å²) in [6.45, 7) is 0.772. The van der Waals surface area contributed by atoms with Crippen LogP contribution in [-0.2, 0) is 17.6 Å². The molecule has 1 heterocycles. The molecule has 0 atom stereocenters. The van der Waals surface area contributed by atoms with Gasteiger partial charge in [0.25, 0.3) is 0 Å². The number of nitrogens with zero attached hydrogens (tertiary/aromatic N) is 1. The van der Waals surface area contributed by atoms with Crippen molar-refractivity contribution in [1.29, 1.82) is 0 Å². The van der Waals surface area contributed by atoms with Gasteiger partial charge in [0.15, 0.2) is 0 Å². The van der Waals surface area contributed by atoms with E-state index in [0.717, 1.165) is 34.6 Å². The van der Waals surface area contributed by atoms with Crippen molar-refractivity contribution in [2.75, 3.05) is 24.3 Å². The Bertz CT molecular complexity index is 895. The molecule has 0 fully saturated rings. The fourth-order valence-corrected chi connectivity index (χ4v) is 2.96. The van der Waals surface area contributed by atoms with Gasteiger partial charge in [0.05, 0.1) is 25.4 Å². The smallest absolute Gasteiger partial charge is 0.228 e. The second-order valence-corrected chi connectivity index (χ2v) is 7.22. The largest absolute Gasteiger partial charge is 0.497 e. The first kappa shape index (κ1) is 19.9. The number of hydrogen-bond donors (Lipinski definition) is 2. The first-order valence-corrected chi connectivity index (χ1v) is 9.79. The van der Waals surface area contributed by atoms with E-state index in [4.69, 9.17) is 4.74 Å². The molecule has 144 valence electrons. The van der Waals surface area contributed by atoms with Gasteiger partial charge in [-0.3, -0.25) is 4.79 Å². The van der Waals surface area contributed by atoms with Crippen molar-refractivity contribution < 1.29 is 9.53 Å². The lowest BCUT2D eigenvalue weighted by Crippen LogP contribution is -2.14. The molecule has 2 N–H and O–H groups in total. The van der Waals surface area contributed by atoms with Gasteiger partial charge in [0.1, 0.15) is 11.6 Å². The number of halogens is 1. The van der Waals surface area contributed by atoms with Crippen LogP contribution in [0.25, 0.3) is 0 Å². The summed E-state index contributed by atoms with van der Waals surface area (Å²) in [6, 6.07) is 19.4. The highest BCUT2D eigenvalue weighted by Gasteiger charge is 2.05. The first-order valence-electron chi connectivity index (χ1n) is 8.99. The zero-order chi connectivity index (χ0) is 19.8. The number of ether oxygens (including phenoxy) is 1. The van der Waals surface area contributed by atoms with E-state index >= 15 is 0 Å². The SMILES string of the molecule is COc1ccc(CCNc2ccc(NC(=O)Cc3ccc(Br)cc3)cn2)cc1. The zero-order valence-corrected chi connectivity index (χ0v) is 17.2. The Morgan fingerprint density at radius 3 is 2.36 bits per heavy atom. The summed E-state index contributed by atoms with van der Waals surface area (Å²) >= 11 is 3.39. The topological polar surface area (TPSA) is 63.2 Å². The molecule has 2 aromatic carbocycles. The van der Waals surface area contributed by atoms with Crippen LogP contribution in [0.4, 0.5) is 11.5 Å². The molecule has 0 aliphatic heterocycles. The van der Waals surface area contributed by atoms with E-state index in [1.54, 1.807) is 13.3 Å². The van der Waals surface area contributed by atoms with Crippen LogP contribution in [0.5, 0.6) is 5.75 Å². The van der Waals surface area contributed by atoms with Crippen LogP contribution in [0, 0.1) is 0 Å². The summed E-state index contributed by atoms with van der Waals surface area (Å²) in [7, 11) is 1.66. The predicted molar refractivity (Wildman–Crippen MR) is 116 cm³/mol.